The molecule has 82 valence electrons. The molecule has 1 heterocycles. The number of hydrogen-bond acceptors (Lipinski definition) is 1. The Morgan fingerprint density at radius 3 is 2.87 bits per heavy atom. The van der Waals surface area contributed by atoms with E-state index in [2.05, 4.69) is 54.0 Å². The molecule has 3 unspecified atom stereocenters. The van der Waals surface area contributed by atoms with E-state index in [1.165, 1.54) is 5.56 Å². The van der Waals surface area contributed by atoms with Crippen molar-refractivity contribution in [2.45, 2.75) is 38.9 Å². The van der Waals surface area contributed by atoms with Crippen LogP contribution >= 0.6 is 15.9 Å². The Balaban J connectivity index is 1.92. The molecule has 0 bridgehead atoms. The van der Waals surface area contributed by atoms with Crippen molar-refractivity contribution in [1.82, 2.24) is 0 Å². The molecule has 0 spiro atoms. The van der Waals surface area contributed by atoms with E-state index in [0.717, 1.165) is 17.3 Å². The molecule has 0 aliphatic carbocycles. The number of hydrogen-bond donors (Lipinski definition) is 0. The van der Waals surface area contributed by atoms with E-state index in [1.54, 1.807) is 0 Å². The second-order valence-corrected chi connectivity index (χ2v) is 5.27. The maximum absolute atomic E-state index is 5.62. The van der Waals surface area contributed by atoms with Crippen molar-refractivity contribution in [3.05, 3.63) is 34.3 Å². The second-order valence-electron chi connectivity index (χ2n) is 4.36. The number of rotatable bonds is 4. The first-order valence-corrected chi connectivity index (χ1v) is 6.40. The Bertz CT molecular complexity index is 337. The summed E-state index contributed by atoms with van der Waals surface area (Å²) < 4.78 is 6.78. The van der Waals surface area contributed by atoms with Gasteiger partial charge < -0.3 is 4.74 Å². The molecule has 2 rings (SSSR count). The molecule has 0 saturated carbocycles. The van der Waals surface area contributed by atoms with Crippen molar-refractivity contribution < 1.29 is 4.74 Å². The SMILES string of the molecule is CCC1OC1C(C)Cc1cccc(Br)c1. The van der Waals surface area contributed by atoms with Crippen molar-refractivity contribution in [2.75, 3.05) is 0 Å². The molecule has 0 radical (unpaired) electrons. The highest BCUT2D eigenvalue weighted by Crippen LogP contribution is 2.33. The average molecular weight is 269 g/mol. The molecule has 1 aliphatic heterocycles. The van der Waals surface area contributed by atoms with Crippen LogP contribution in [0.5, 0.6) is 0 Å². The van der Waals surface area contributed by atoms with Gasteiger partial charge in [-0.3, -0.25) is 0 Å². The number of epoxide rings is 1. The van der Waals surface area contributed by atoms with Gasteiger partial charge in [0.15, 0.2) is 0 Å². The smallest absolute Gasteiger partial charge is 0.0870 e. The Hall–Kier alpha value is -0.340. The molecule has 1 aromatic carbocycles. The standard InChI is InChI=1S/C13H17BrO/c1-3-12-13(15-12)9(2)7-10-5-4-6-11(14)8-10/h4-6,8-9,12-13H,3,7H2,1-2H3. The number of benzene rings is 1. The van der Waals surface area contributed by atoms with E-state index in [-0.39, 0.29) is 0 Å². The molecule has 2 heteroatoms. The fourth-order valence-corrected chi connectivity index (χ4v) is 2.58. The normalized spacial score (nSPS) is 26.3. The highest BCUT2D eigenvalue weighted by atomic mass is 79.9. The third kappa shape index (κ3) is 2.82. The molecule has 1 fully saturated rings. The van der Waals surface area contributed by atoms with Gasteiger partial charge in [0.05, 0.1) is 12.2 Å². The van der Waals surface area contributed by atoms with E-state index < -0.39 is 0 Å². The first-order chi connectivity index (χ1) is 7.20. The summed E-state index contributed by atoms with van der Waals surface area (Å²) in [5.74, 6) is 0.629. The van der Waals surface area contributed by atoms with Crippen molar-refractivity contribution in [2.24, 2.45) is 5.92 Å². The average Bonchev–Trinajstić information content (AvgIpc) is 2.96. The summed E-state index contributed by atoms with van der Waals surface area (Å²) in [6, 6.07) is 8.54. The summed E-state index contributed by atoms with van der Waals surface area (Å²) in [6.07, 6.45) is 3.27. The largest absolute Gasteiger partial charge is 0.369 e. The van der Waals surface area contributed by atoms with Crippen LogP contribution in [-0.2, 0) is 11.2 Å². The highest BCUT2D eigenvalue weighted by molar-refractivity contribution is 9.10. The van der Waals surface area contributed by atoms with Gasteiger partial charge in [-0.15, -0.1) is 0 Å². The van der Waals surface area contributed by atoms with E-state index in [0.29, 0.717) is 18.1 Å². The number of halogens is 1. The molecule has 3 atom stereocenters. The van der Waals surface area contributed by atoms with E-state index in [9.17, 15) is 0 Å². The van der Waals surface area contributed by atoms with Gasteiger partial charge in [-0.05, 0) is 36.5 Å². The molecule has 0 aromatic heterocycles. The van der Waals surface area contributed by atoms with Gasteiger partial charge >= 0.3 is 0 Å². The summed E-state index contributed by atoms with van der Waals surface area (Å²) in [5.41, 5.74) is 1.39. The summed E-state index contributed by atoms with van der Waals surface area (Å²) in [6.45, 7) is 4.47. The van der Waals surface area contributed by atoms with Gasteiger partial charge in [0.25, 0.3) is 0 Å². The predicted molar refractivity (Wildman–Crippen MR) is 66.0 cm³/mol. The summed E-state index contributed by atoms with van der Waals surface area (Å²) in [4.78, 5) is 0. The summed E-state index contributed by atoms with van der Waals surface area (Å²) in [5, 5.41) is 0. The van der Waals surface area contributed by atoms with Gasteiger partial charge in [-0.2, -0.15) is 0 Å². The Kier molecular flexibility index (Phi) is 3.47. The van der Waals surface area contributed by atoms with Gasteiger partial charge in [0.1, 0.15) is 0 Å². The third-order valence-corrected chi connectivity index (χ3v) is 3.52. The lowest BCUT2D eigenvalue weighted by Gasteiger charge is -2.08. The van der Waals surface area contributed by atoms with Crippen LogP contribution in [0.3, 0.4) is 0 Å². The quantitative estimate of drug-likeness (QED) is 0.757. The van der Waals surface area contributed by atoms with Gasteiger partial charge in [0, 0.05) is 4.47 Å². The minimum absolute atomic E-state index is 0.494. The van der Waals surface area contributed by atoms with Crippen LogP contribution in [0.15, 0.2) is 28.7 Å². The zero-order valence-corrected chi connectivity index (χ0v) is 10.8. The predicted octanol–water partition coefficient (Wildman–Crippen LogP) is 3.81. The van der Waals surface area contributed by atoms with E-state index in [4.69, 9.17) is 4.74 Å². The van der Waals surface area contributed by atoms with Crippen molar-refractivity contribution in [3.8, 4) is 0 Å². The molecular weight excluding hydrogens is 252 g/mol. The van der Waals surface area contributed by atoms with Crippen LogP contribution in [0.25, 0.3) is 0 Å². The maximum Gasteiger partial charge on any atom is 0.0870 e. The van der Waals surface area contributed by atoms with Crippen LogP contribution in [0.1, 0.15) is 25.8 Å². The molecular formula is C13H17BrO. The van der Waals surface area contributed by atoms with Crippen molar-refractivity contribution in [3.63, 3.8) is 0 Å². The van der Waals surface area contributed by atoms with Crippen molar-refractivity contribution in [1.29, 1.82) is 0 Å². The molecule has 1 nitrogen and oxygen atoms in total. The molecule has 1 aliphatic rings. The number of ether oxygens (including phenoxy) is 1. The zero-order chi connectivity index (χ0) is 10.8. The van der Waals surface area contributed by atoms with Gasteiger partial charge in [-0.1, -0.05) is 41.9 Å². The first kappa shape index (κ1) is 11.2. The van der Waals surface area contributed by atoms with Gasteiger partial charge in [0.2, 0.25) is 0 Å². The van der Waals surface area contributed by atoms with E-state index >= 15 is 0 Å². The Morgan fingerprint density at radius 1 is 1.47 bits per heavy atom. The lowest BCUT2D eigenvalue weighted by Crippen LogP contribution is -2.09. The minimum atomic E-state index is 0.494. The van der Waals surface area contributed by atoms with E-state index in [1.807, 2.05) is 0 Å². The fourth-order valence-electron chi connectivity index (χ4n) is 2.14. The molecule has 1 saturated heterocycles. The topological polar surface area (TPSA) is 12.5 Å². The zero-order valence-electron chi connectivity index (χ0n) is 9.24. The fraction of sp³-hybridized carbons (Fsp3) is 0.538. The maximum atomic E-state index is 5.62. The molecule has 15 heavy (non-hydrogen) atoms. The molecule has 0 amide bonds. The molecule has 1 aromatic rings. The lowest BCUT2D eigenvalue weighted by molar-refractivity contribution is 0.322. The second kappa shape index (κ2) is 4.67. The summed E-state index contributed by atoms with van der Waals surface area (Å²) in [7, 11) is 0. The Labute approximate surface area is 100.0 Å². The van der Waals surface area contributed by atoms with Crippen LogP contribution < -0.4 is 0 Å². The van der Waals surface area contributed by atoms with Crippen LogP contribution in [0.2, 0.25) is 0 Å². The van der Waals surface area contributed by atoms with Crippen LogP contribution in [0.4, 0.5) is 0 Å². The van der Waals surface area contributed by atoms with Crippen LogP contribution in [0, 0.1) is 5.92 Å². The van der Waals surface area contributed by atoms with Gasteiger partial charge in [-0.25, -0.2) is 0 Å². The lowest BCUT2D eigenvalue weighted by atomic mass is 9.96. The molecule has 0 N–H and O–H groups in total. The summed E-state index contributed by atoms with van der Waals surface area (Å²) >= 11 is 3.50. The minimum Gasteiger partial charge on any atom is -0.369 e. The third-order valence-electron chi connectivity index (χ3n) is 3.03. The Morgan fingerprint density at radius 2 is 2.27 bits per heavy atom. The van der Waals surface area contributed by atoms with Crippen LogP contribution in [-0.4, -0.2) is 12.2 Å². The monoisotopic (exact) mass is 268 g/mol. The van der Waals surface area contributed by atoms with Crippen molar-refractivity contribution >= 4 is 15.9 Å². The first-order valence-electron chi connectivity index (χ1n) is 5.60. The highest BCUT2D eigenvalue weighted by Gasteiger charge is 2.40.